The molecular weight excluding hydrogens is 619 g/mol. The molecular formula is C49H29NO. The summed E-state index contributed by atoms with van der Waals surface area (Å²) in [5, 5.41) is 13.1. The maximum Gasteiger partial charge on any atom is 0.227 e. The van der Waals surface area contributed by atoms with Crippen LogP contribution in [-0.2, 0) is 0 Å². The molecule has 2 aromatic heterocycles. The number of benzene rings is 9. The Hall–Kier alpha value is -6.77. The standard InChI is InChI=1S/C49H29NO/c1-2-10-30(11-3-1)31-18-21-33(22-19-31)47-37-14-6-8-16-39(37)48(40-17-9-7-15-38(40)47)35-25-27-45-41(28-35)42-29-43-44(50-49(42)51-45)26-24-34-23-20-32-12-4-5-13-36(32)46(34)43/h1-29H. The molecule has 0 unspecified atom stereocenters. The quantitative estimate of drug-likeness (QED) is 0.141. The molecule has 11 aromatic rings. The highest BCUT2D eigenvalue weighted by Crippen LogP contribution is 2.45. The van der Waals surface area contributed by atoms with Crippen molar-refractivity contribution in [3.8, 4) is 33.4 Å². The summed E-state index contributed by atoms with van der Waals surface area (Å²) in [6.07, 6.45) is 0. The second-order valence-electron chi connectivity index (χ2n) is 13.5. The number of fused-ring (bicyclic) bond motifs is 10. The average Bonchev–Trinajstić information content (AvgIpc) is 3.55. The predicted molar refractivity (Wildman–Crippen MR) is 215 cm³/mol. The minimum atomic E-state index is 0.665. The molecule has 0 bridgehead atoms. The minimum absolute atomic E-state index is 0.665. The lowest BCUT2D eigenvalue weighted by Crippen LogP contribution is -1.91. The third-order valence-corrected chi connectivity index (χ3v) is 10.6. The number of aromatic nitrogens is 1. The van der Waals surface area contributed by atoms with Gasteiger partial charge in [0.1, 0.15) is 5.58 Å². The van der Waals surface area contributed by atoms with E-state index in [9.17, 15) is 0 Å². The summed E-state index contributed by atoms with van der Waals surface area (Å²) in [5.41, 5.74) is 9.74. The topological polar surface area (TPSA) is 26.0 Å². The van der Waals surface area contributed by atoms with Crippen molar-refractivity contribution in [3.05, 3.63) is 176 Å². The average molecular weight is 648 g/mol. The first kappa shape index (κ1) is 28.1. The fourth-order valence-corrected chi connectivity index (χ4v) is 8.30. The van der Waals surface area contributed by atoms with E-state index in [0.29, 0.717) is 5.71 Å². The highest BCUT2D eigenvalue weighted by molar-refractivity contribution is 6.24. The maximum absolute atomic E-state index is 6.43. The van der Waals surface area contributed by atoms with Crippen LogP contribution in [-0.4, -0.2) is 4.98 Å². The molecule has 236 valence electrons. The number of nitrogens with zero attached hydrogens (tertiary/aromatic N) is 1. The fourth-order valence-electron chi connectivity index (χ4n) is 8.30. The number of hydrogen-bond donors (Lipinski definition) is 0. The van der Waals surface area contributed by atoms with E-state index in [2.05, 4.69) is 176 Å². The van der Waals surface area contributed by atoms with Gasteiger partial charge in [0.25, 0.3) is 0 Å². The summed E-state index contributed by atoms with van der Waals surface area (Å²) in [6.45, 7) is 0. The van der Waals surface area contributed by atoms with Crippen LogP contribution in [0.3, 0.4) is 0 Å². The van der Waals surface area contributed by atoms with Gasteiger partial charge in [0.05, 0.1) is 5.52 Å². The summed E-state index contributed by atoms with van der Waals surface area (Å²) < 4.78 is 6.43. The molecule has 0 saturated carbocycles. The van der Waals surface area contributed by atoms with E-state index >= 15 is 0 Å². The van der Waals surface area contributed by atoms with Crippen LogP contribution in [0.5, 0.6) is 0 Å². The van der Waals surface area contributed by atoms with E-state index in [1.54, 1.807) is 0 Å². The van der Waals surface area contributed by atoms with Crippen LogP contribution in [0.15, 0.2) is 180 Å². The molecule has 51 heavy (non-hydrogen) atoms. The third kappa shape index (κ3) is 4.27. The second-order valence-corrected chi connectivity index (χ2v) is 13.5. The van der Waals surface area contributed by atoms with Crippen molar-refractivity contribution in [3.63, 3.8) is 0 Å². The molecule has 0 atom stereocenters. The van der Waals surface area contributed by atoms with Crippen molar-refractivity contribution < 1.29 is 4.42 Å². The monoisotopic (exact) mass is 647 g/mol. The molecule has 0 N–H and O–H groups in total. The Balaban J connectivity index is 1.15. The molecule has 0 radical (unpaired) electrons. The largest absolute Gasteiger partial charge is 0.438 e. The lowest BCUT2D eigenvalue weighted by molar-refractivity contribution is 0.656. The molecule has 9 aromatic carbocycles. The Morgan fingerprint density at radius 1 is 0.333 bits per heavy atom. The zero-order valence-electron chi connectivity index (χ0n) is 27.6. The maximum atomic E-state index is 6.43. The minimum Gasteiger partial charge on any atom is -0.438 e. The van der Waals surface area contributed by atoms with Gasteiger partial charge in [-0.25, -0.2) is 4.98 Å². The van der Waals surface area contributed by atoms with E-state index < -0.39 is 0 Å². The molecule has 0 aliphatic carbocycles. The molecule has 2 heterocycles. The summed E-state index contributed by atoms with van der Waals surface area (Å²) >= 11 is 0. The van der Waals surface area contributed by atoms with Crippen LogP contribution in [0.4, 0.5) is 0 Å². The summed E-state index contributed by atoms with van der Waals surface area (Å²) in [4.78, 5) is 5.08. The van der Waals surface area contributed by atoms with Gasteiger partial charge in [0.2, 0.25) is 5.71 Å². The Kier molecular flexibility index (Phi) is 5.99. The van der Waals surface area contributed by atoms with E-state index in [4.69, 9.17) is 9.40 Å². The van der Waals surface area contributed by atoms with Crippen LogP contribution < -0.4 is 0 Å². The van der Waals surface area contributed by atoms with Crippen molar-refractivity contribution in [1.29, 1.82) is 0 Å². The SMILES string of the molecule is c1ccc(-c2ccc(-c3c4ccccc4c(-c4ccc5oc6nc7ccc8ccc9ccccc9c8c7cc6c5c4)c4ccccc34)cc2)cc1. The highest BCUT2D eigenvalue weighted by Gasteiger charge is 2.19. The third-order valence-electron chi connectivity index (χ3n) is 10.6. The summed E-state index contributed by atoms with van der Waals surface area (Å²) in [5.74, 6) is 0. The van der Waals surface area contributed by atoms with Crippen LogP contribution in [0, 0.1) is 0 Å². The molecule has 0 amide bonds. The van der Waals surface area contributed by atoms with Gasteiger partial charge < -0.3 is 4.42 Å². The lowest BCUT2D eigenvalue weighted by atomic mass is 9.85. The normalized spacial score (nSPS) is 11.9. The first-order valence-corrected chi connectivity index (χ1v) is 17.5. The summed E-state index contributed by atoms with van der Waals surface area (Å²) in [7, 11) is 0. The molecule has 11 rings (SSSR count). The molecule has 0 aliphatic heterocycles. The van der Waals surface area contributed by atoms with Gasteiger partial charge in [-0.1, -0.05) is 152 Å². The fraction of sp³-hybridized carbons (Fsp3) is 0. The van der Waals surface area contributed by atoms with Crippen molar-refractivity contribution >= 4 is 76.1 Å². The second kappa shape index (κ2) is 10.9. The zero-order valence-corrected chi connectivity index (χ0v) is 27.6. The molecule has 2 heteroatoms. The van der Waals surface area contributed by atoms with Crippen LogP contribution in [0.1, 0.15) is 0 Å². The van der Waals surface area contributed by atoms with Crippen molar-refractivity contribution in [1.82, 2.24) is 4.98 Å². The smallest absolute Gasteiger partial charge is 0.227 e. The van der Waals surface area contributed by atoms with Crippen molar-refractivity contribution in [2.75, 3.05) is 0 Å². The Morgan fingerprint density at radius 3 is 1.61 bits per heavy atom. The van der Waals surface area contributed by atoms with Gasteiger partial charge in [-0.2, -0.15) is 0 Å². The van der Waals surface area contributed by atoms with Gasteiger partial charge in [-0.05, 0) is 101 Å². The lowest BCUT2D eigenvalue weighted by Gasteiger charge is -2.18. The van der Waals surface area contributed by atoms with E-state index in [1.807, 2.05) is 0 Å². The van der Waals surface area contributed by atoms with Gasteiger partial charge in [-0.15, -0.1) is 0 Å². The van der Waals surface area contributed by atoms with Gasteiger partial charge in [0, 0.05) is 16.2 Å². The van der Waals surface area contributed by atoms with Gasteiger partial charge >= 0.3 is 0 Å². The van der Waals surface area contributed by atoms with Crippen molar-refractivity contribution in [2.45, 2.75) is 0 Å². The van der Waals surface area contributed by atoms with Crippen molar-refractivity contribution in [2.24, 2.45) is 0 Å². The zero-order chi connectivity index (χ0) is 33.5. The highest BCUT2D eigenvalue weighted by atomic mass is 16.3. The van der Waals surface area contributed by atoms with E-state index in [-0.39, 0.29) is 0 Å². The van der Waals surface area contributed by atoms with Crippen LogP contribution in [0.2, 0.25) is 0 Å². The van der Waals surface area contributed by atoms with Crippen LogP contribution in [0.25, 0.3) is 109 Å². The Labute approximate surface area is 293 Å². The molecule has 0 saturated heterocycles. The van der Waals surface area contributed by atoms with Gasteiger partial charge in [-0.3, -0.25) is 0 Å². The predicted octanol–water partition coefficient (Wildman–Crippen LogP) is 13.7. The summed E-state index contributed by atoms with van der Waals surface area (Å²) in [6, 6.07) is 63.5. The Morgan fingerprint density at radius 2 is 0.882 bits per heavy atom. The number of pyridine rings is 1. The molecule has 0 fully saturated rings. The van der Waals surface area contributed by atoms with Gasteiger partial charge in [0.15, 0.2) is 0 Å². The molecule has 2 nitrogen and oxygen atoms in total. The molecule has 0 aliphatic rings. The first-order chi connectivity index (χ1) is 25.3. The van der Waals surface area contributed by atoms with Crippen LogP contribution >= 0.6 is 0 Å². The number of hydrogen-bond acceptors (Lipinski definition) is 2. The number of furan rings is 1. The number of rotatable bonds is 3. The first-order valence-electron chi connectivity index (χ1n) is 17.5. The molecule has 0 spiro atoms. The van der Waals surface area contributed by atoms with E-state index in [0.717, 1.165) is 32.8 Å². The van der Waals surface area contributed by atoms with E-state index in [1.165, 1.54) is 70.9 Å². The Bertz CT molecular complexity index is 3120.